The number of thiophene rings is 1. The van der Waals surface area contributed by atoms with Crippen LogP contribution in [0.1, 0.15) is 23.1 Å². The fraction of sp³-hybridized carbons (Fsp3) is 0.200. The van der Waals surface area contributed by atoms with Crippen LogP contribution in [0, 0.1) is 12.7 Å². The summed E-state index contributed by atoms with van der Waals surface area (Å²) in [6, 6.07) is 17.9. The molecule has 2 aromatic carbocycles. The van der Waals surface area contributed by atoms with Gasteiger partial charge in [0.15, 0.2) is 5.78 Å². The normalized spacial score (nSPS) is 11.1. The van der Waals surface area contributed by atoms with Crippen molar-refractivity contribution in [1.29, 1.82) is 0 Å². The van der Waals surface area contributed by atoms with Gasteiger partial charge in [-0.15, -0.1) is 11.3 Å². The van der Waals surface area contributed by atoms with Gasteiger partial charge in [-0.05, 0) is 42.7 Å². The molecule has 0 spiro atoms. The van der Waals surface area contributed by atoms with Gasteiger partial charge in [-0.25, -0.2) is 9.18 Å². The molecule has 7 heteroatoms. The molecule has 4 rings (SSSR count). The molecule has 0 bridgehead atoms. The van der Waals surface area contributed by atoms with Gasteiger partial charge in [-0.3, -0.25) is 13.9 Å². The number of rotatable bonds is 8. The lowest BCUT2D eigenvalue weighted by Gasteiger charge is -2.07. The topological polar surface area (TPSA) is 44.0 Å². The van der Waals surface area contributed by atoms with Crippen molar-refractivity contribution < 1.29 is 9.18 Å². The predicted molar refractivity (Wildman–Crippen MR) is 127 cm³/mol. The maximum Gasteiger partial charge on any atom is 0.329 e. The summed E-state index contributed by atoms with van der Waals surface area (Å²) in [6.45, 7) is 2.06. The Morgan fingerprint density at radius 3 is 2.44 bits per heavy atom. The van der Waals surface area contributed by atoms with Crippen LogP contribution in [0.4, 0.5) is 4.39 Å². The van der Waals surface area contributed by atoms with Gasteiger partial charge in [0, 0.05) is 18.2 Å². The minimum absolute atomic E-state index is 0.0267. The number of halogens is 2. The molecule has 0 radical (unpaired) electrons. The summed E-state index contributed by atoms with van der Waals surface area (Å²) >= 11 is 7.43. The highest BCUT2D eigenvalue weighted by atomic mass is 35.5. The van der Waals surface area contributed by atoms with Gasteiger partial charge in [0.25, 0.3) is 0 Å². The zero-order valence-electron chi connectivity index (χ0n) is 17.6. The van der Waals surface area contributed by atoms with Crippen LogP contribution < -0.4 is 5.69 Å². The van der Waals surface area contributed by atoms with E-state index in [1.54, 1.807) is 30.5 Å². The van der Waals surface area contributed by atoms with E-state index in [9.17, 15) is 14.0 Å². The highest BCUT2D eigenvalue weighted by Gasteiger charge is 2.18. The second-order valence-corrected chi connectivity index (χ2v) is 9.39. The number of aryl methyl sites for hydroxylation is 2. The first kappa shape index (κ1) is 22.2. The Balaban J connectivity index is 1.60. The molecular weight excluding hydrogens is 447 g/mol. The Morgan fingerprint density at radius 1 is 1.03 bits per heavy atom. The van der Waals surface area contributed by atoms with Crippen molar-refractivity contribution in [3.8, 4) is 10.6 Å². The molecule has 0 saturated heterocycles. The van der Waals surface area contributed by atoms with E-state index in [1.165, 1.54) is 26.5 Å². The van der Waals surface area contributed by atoms with E-state index in [0.717, 1.165) is 16.0 Å². The van der Waals surface area contributed by atoms with Crippen molar-refractivity contribution in [2.75, 3.05) is 0 Å². The molecule has 0 atom stereocenters. The number of ketones is 1. The molecule has 2 aromatic heterocycles. The lowest BCUT2D eigenvalue weighted by atomic mass is 10.0. The third-order valence-corrected chi connectivity index (χ3v) is 6.69. The van der Waals surface area contributed by atoms with E-state index in [1.807, 2.05) is 37.3 Å². The van der Waals surface area contributed by atoms with Crippen molar-refractivity contribution in [3.63, 3.8) is 0 Å². The fourth-order valence-electron chi connectivity index (χ4n) is 3.68. The van der Waals surface area contributed by atoms with Crippen LogP contribution in [0.15, 0.2) is 71.7 Å². The molecule has 0 aliphatic rings. The highest BCUT2D eigenvalue weighted by molar-refractivity contribution is 7.19. The van der Waals surface area contributed by atoms with Gasteiger partial charge < -0.3 is 0 Å². The first-order valence-corrected chi connectivity index (χ1v) is 11.5. The number of imidazole rings is 1. The van der Waals surface area contributed by atoms with Gasteiger partial charge in [-0.2, -0.15) is 0 Å². The Morgan fingerprint density at radius 2 is 1.75 bits per heavy atom. The average Bonchev–Trinajstić information content (AvgIpc) is 3.33. The van der Waals surface area contributed by atoms with Gasteiger partial charge in [0.05, 0.1) is 28.0 Å². The Kier molecular flexibility index (Phi) is 6.72. The average molecular weight is 469 g/mol. The minimum Gasteiger partial charge on any atom is -0.298 e. The number of benzene rings is 2. The largest absolute Gasteiger partial charge is 0.329 e. The number of carbonyl (C=O) groups is 1. The standard InChI is InChI=1S/C25H22ClFN2O2S/c1-17-6-2-3-7-18(17)10-11-20(30)15-28-16-22(23-12-13-24(26)32-23)29(25(28)31)14-19-8-4-5-9-21(19)27/h2-9,12-13,16H,10-11,14-15H2,1H3. The lowest BCUT2D eigenvalue weighted by molar-refractivity contribution is -0.119. The monoisotopic (exact) mass is 468 g/mol. The van der Waals surface area contributed by atoms with Crippen molar-refractivity contribution in [1.82, 2.24) is 9.13 Å². The minimum atomic E-state index is -0.378. The second-order valence-electron chi connectivity index (χ2n) is 7.67. The summed E-state index contributed by atoms with van der Waals surface area (Å²) in [5.41, 5.74) is 2.94. The summed E-state index contributed by atoms with van der Waals surface area (Å²) in [5.74, 6) is -0.411. The fourth-order valence-corrected chi connectivity index (χ4v) is 4.74. The summed E-state index contributed by atoms with van der Waals surface area (Å²) in [7, 11) is 0. The molecule has 4 nitrogen and oxygen atoms in total. The van der Waals surface area contributed by atoms with Gasteiger partial charge in [-0.1, -0.05) is 54.1 Å². The van der Waals surface area contributed by atoms with Crippen LogP contribution >= 0.6 is 22.9 Å². The van der Waals surface area contributed by atoms with E-state index >= 15 is 0 Å². The van der Waals surface area contributed by atoms with Crippen LogP contribution in [0.3, 0.4) is 0 Å². The third kappa shape index (κ3) is 4.92. The second kappa shape index (κ2) is 9.67. The van der Waals surface area contributed by atoms with E-state index < -0.39 is 0 Å². The van der Waals surface area contributed by atoms with E-state index in [4.69, 9.17) is 11.6 Å². The van der Waals surface area contributed by atoms with Gasteiger partial charge >= 0.3 is 5.69 Å². The quantitative estimate of drug-likeness (QED) is 0.331. The van der Waals surface area contributed by atoms with Crippen LogP contribution in [-0.2, 0) is 24.3 Å². The zero-order valence-corrected chi connectivity index (χ0v) is 19.1. The first-order valence-electron chi connectivity index (χ1n) is 10.3. The number of carbonyl (C=O) groups excluding carboxylic acids is 1. The SMILES string of the molecule is Cc1ccccc1CCC(=O)Cn1cc(-c2ccc(Cl)s2)n(Cc2ccccc2F)c1=O. The maximum atomic E-state index is 14.3. The molecule has 0 fully saturated rings. The molecule has 164 valence electrons. The van der Waals surface area contributed by atoms with Crippen molar-refractivity contribution in [2.45, 2.75) is 32.9 Å². The lowest BCUT2D eigenvalue weighted by Crippen LogP contribution is -2.27. The molecule has 2 heterocycles. The maximum absolute atomic E-state index is 14.3. The van der Waals surface area contributed by atoms with Crippen LogP contribution in [-0.4, -0.2) is 14.9 Å². The molecule has 0 amide bonds. The molecule has 0 aliphatic heterocycles. The molecule has 0 N–H and O–H groups in total. The van der Waals surface area contributed by atoms with Crippen LogP contribution in [0.5, 0.6) is 0 Å². The van der Waals surface area contributed by atoms with Crippen LogP contribution in [0.25, 0.3) is 10.6 Å². The number of hydrogen-bond acceptors (Lipinski definition) is 3. The van der Waals surface area contributed by atoms with E-state index in [2.05, 4.69) is 0 Å². The Hall–Kier alpha value is -2.96. The molecule has 0 aliphatic carbocycles. The summed E-state index contributed by atoms with van der Waals surface area (Å²) in [4.78, 5) is 26.6. The number of Topliss-reactive ketones (excluding diaryl/α,β-unsaturated/α-hetero) is 1. The molecule has 4 aromatic rings. The summed E-state index contributed by atoms with van der Waals surface area (Å²) in [6.07, 6.45) is 2.64. The van der Waals surface area contributed by atoms with E-state index in [-0.39, 0.29) is 30.4 Å². The smallest absolute Gasteiger partial charge is 0.298 e. The van der Waals surface area contributed by atoms with Gasteiger partial charge in [0.1, 0.15) is 5.82 Å². The Bertz CT molecular complexity index is 1320. The zero-order chi connectivity index (χ0) is 22.7. The first-order chi connectivity index (χ1) is 15.4. The number of nitrogens with zero attached hydrogens (tertiary/aromatic N) is 2. The number of hydrogen-bond donors (Lipinski definition) is 0. The summed E-state index contributed by atoms with van der Waals surface area (Å²) < 4.78 is 17.8. The van der Waals surface area contributed by atoms with Crippen LogP contribution in [0.2, 0.25) is 4.34 Å². The molecule has 32 heavy (non-hydrogen) atoms. The van der Waals surface area contributed by atoms with Gasteiger partial charge in [0.2, 0.25) is 0 Å². The Labute approximate surface area is 194 Å². The number of aromatic nitrogens is 2. The predicted octanol–water partition coefficient (Wildman–Crippen LogP) is 5.73. The summed E-state index contributed by atoms with van der Waals surface area (Å²) in [5, 5.41) is 0. The van der Waals surface area contributed by atoms with Crippen molar-refractivity contribution >= 4 is 28.7 Å². The molecular formula is C25H22ClFN2O2S. The third-order valence-electron chi connectivity index (χ3n) is 5.44. The van der Waals surface area contributed by atoms with E-state index in [0.29, 0.717) is 28.4 Å². The molecule has 0 unspecified atom stereocenters. The highest BCUT2D eigenvalue weighted by Crippen LogP contribution is 2.31. The van der Waals surface area contributed by atoms with Crippen molar-refractivity contribution in [3.05, 3.63) is 104 Å². The van der Waals surface area contributed by atoms with Crippen molar-refractivity contribution in [2.24, 2.45) is 0 Å². The molecule has 0 saturated carbocycles.